The van der Waals surface area contributed by atoms with E-state index >= 15 is 0 Å². The molecule has 1 heterocycles. The second-order valence-electron chi connectivity index (χ2n) is 5.27. The lowest BCUT2D eigenvalue weighted by molar-refractivity contribution is 0.105. The van der Waals surface area contributed by atoms with Crippen LogP contribution in [0, 0.1) is 0 Å². The summed E-state index contributed by atoms with van der Waals surface area (Å²) in [5, 5.41) is 3.64. The molecule has 0 aliphatic carbocycles. The summed E-state index contributed by atoms with van der Waals surface area (Å²) in [5.41, 5.74) is 0. The molecule has 0 bridgehead atoms. The van der Waals surface area contributed by atoms with Crippen molar-refractivity contribution in [3.8, 4) is 0 Å². The minimum atomic E-state index is 0.346. The van der Waals surface area contributed by atoms with Crippen molar-refractivity contribution in [1.29, 1.82) is 0 Å². The lowest BCUT2D eigenvalue weighted by atomic mass is 10.0. The Morgan fingerprint density at radius 1 is 1.37 bits per heavy atom. The van der Waals surface area contributed by atoms with E-state index in [1.54, 1.807) is 7.11 Å². The van der Waals surface area contributed by atoms with Gasteiger partial charge in [0.15, 0.2) is 0 Å². The van der Waals surface area contributed by atoms with Crippen LogP contribution in [0.15, 0.2) is 12.4 Å². The highest BCUT2D eigenvalue weighted by atomic mass is 16.5. The van der Waals surface area contributed by atoms with Crippen LogP contribution in [0.1, 0.15) is 45.4 Å². The zero-order valence-electron chi connectivity index (χ0n) is 12.9. The average molecular weight is 267 g/mol. The first-order valence-electron chi connectivity index (χ1n) is 7.39. The number of imidazole rings is 1. The fourth-order valence-electron chi connectivity index (χ4n) is 2.19. The molecule has 19 heavy (non-hydrogen) atoms. The van der Waals surface area contributed by atoms with E-state index in [2.05, 4.69) is 35.8 Å². The number of aromatic nitrogens is 2. The normalized spacial score (nSPS) is 14.5. The largest absolute Gasteiger partial charge is 0.382 e. The molecule has 0 saturated heterocycles. The third kappa shape index (κ3) is 6.21. The van der Waals surface area contributed by atoms with Gasteiger partial charge < -0.3 is 14.6 Å². The minimum Gasteiger partial charge on any atom is -0.382 e. The number of nitrogens with zero attached hydrogens (tertiary/aromatic N) is 2. The molecular weight excluding hydrogens is 238 g/mol. The summed E-state index contributed by atoms with van der Waals surface area (Å²) >= 11 is 0. The van der Waals surface area contributed by atoms with Crippen LogP contribution < -0.4 is 5.32 Å². The number of hydrogen-bond acceptors (Lipinski definition) is 3. The molecule has 1 rings (SSSR count). The quantitative estimate of drug-likeness (QED) is 0.708. The van der Waals surface area contributed by atoms with Crippen molar-refractivity contribution in [2.75, 3.05) is 13.7 Å². The van der Waals surface area contributed by atoms with Crippen molar-refractivity contribution in [3.05, 3.63) is 18.2 Å². The first kappa shape index (κ1) is 16.2. The van der Waals surface area contributed by atoms with Crippen molar-refractivity contribution >= 4 is 0 Å². The Bertz CT molecular complexity index is 338. The smallest absolute Gasteiger partial charge is 0.108 e. The van der Waals surface area contributed by atoms with E-state index in [0.717, 1.165) is 25.8 Å². The topological polar surface area (TPSA) is 39.1 Å². The molecule has 0 aliphatic rings. The molecule has 1 aromatic heterocycles. The third-order valence-electron chi connectivity index (χ3n) is 3.64. The molecule has 0 aliphatic heterocycles. The van der Waals surface area contributed by atoms with Gasteiger partial charge in [-0.15, -0.1) is 0 Å². The van der Waals surface area contributed by atoms with Gasteiger partial charge in [-0.25, -0.2) is 4.98 Å². The van der Waals surface area contributed by atoms with Gasteiger partial charge in [-0.2, -0.15) is 0 Å². The van der Waals surface area contributed by atoms with Gasteiger partial charge in [0.05, 0.1) is 6.10 Å². The van der Waals surface area contributed by atoms with Crippen molar-refractivity contribution < 1.29 is 4.74 Å². The highest BCUT2D eigenvalue weighted by molar-refractivity contribution is 4.92. The number of methoxy groups -OCH3 is 1. The number of nitrogens with one attached hydrogen (secondary N) is 1. The van der Waals surface area contributed by atoms with Crippen molar-refractivity contribution in [1.82, 2.24) is 14.9 Å². The van der Waals surface area contributed by atoms with Gasteiger partial charge in [0.2, 0.25) is 0 Å². The van der Waals surface area contributed by atoms with Gasteiger partial charge in [0, 0.05) is 39.0 Å². The second-order valence-corrected chi connectivity index (χ2v) is 5.27. The van der Waals surface area contributed by atoms with E-state index in [4.69, 9.17) is 4.74 Å². The zero-order chi connectivity index (χ0) is 14.1. The van der Waals surface area contributed by atoms with Crippen LogP contribution in [-0.2, 0) is 18.2 Å². The Morgan fingerprint density at radius 2 is 2.16 bits per heavy atom. The fourth-order valence-corrected chi connectivity index (χ4v) is 2.19. The van der Waals surface area contributed by atoms with Gasteiger partial charge >= 0.3 is 0 Å². The van der Waals surface area contributed by atoms with E-state index < -0.39 is 0 Å². The molecule has 0 radical (unpaired) electrons. The standard InChI is InChI=1S/C15H29N3O/c1-5-10-16-14(7-6-13(2)19-4)8-9-15-17-11-12-18(15)3/h11-14,16H,5-10H2,1-4H3. The number of ether oxygens (including phenoxy) is 1. The zero-order valence-corrected chi connectivity index (χ0v) is 12.9. The molecule has 2 unspecified atom stereocenters. The molecule has 1 N–H and O–H groups in total. The number of hydrogen-bond donors (Lipinski definition) is 1. The highest BCUT2D eigenvalue weighted by Gasteiger charge is 2.11. The van der Waals surface area contributed by atoms with E-state index in [-0.39, 0.29) is 0 Å². The van der Waals surface area contributed by atoms with Crippen molar-refractivity contribution in [2.24, 2.45) is 7.05 Å². The Morgan fingerprint density at radius 3 is 2.74 bits per heavy atom. The SMILES string of the molecule is CCCNC(CCc1nccn1C)CCC(C)OC. The van der Waals surface area contributed by atoms with Crippen LogP contribution in [0.25, 0.3) is 0 Å². The molecule has 4 nitrogen and oxygen atoms in total. The van der Waals surface area contributed by atoms with E-state index in [1.165, 1.54) is 18.7 Å². The maximum absolute atomic E-state index is 5.33. The fraction of sp³-hybridized carbons (Fsp3) is 0.800. The van der Waals surface area contributed by atoms with E-state index in [9.17, 15) is 0 Å². The van der Waals surface area contributed by atoms with Crippen molar-refractivity contribution in [3.63, 3.8) is 0 Å². The van der Waals surface area contributed by atoms with Crippen LogP contribution >= 0.6 is 0 Å². The Kier molecular flexibility index (Phi) is 7.75. The minimum absolute atomic E-state index is 0.346. The molecule has 0 spiro atoms. The molecule has 110 valence electrons. The van der Waals surface area contributed by atoms with Crippen LogP contribution in [0.2, 0.25) is 0 Å². The number of aryl methyl sites for hydroxylation is 2. The second kappa shape index (κ2) is 9.10. The summed E-state index contributed by atoms with van der Waals surface area (Å²) < 4.78 is 7.44. The maximum atomic E-state index is 5.33. The summed E-state index contributed by atoms with van der Waals surface area (Å²) in [6, 6.07) is 0.564. The summed E-state index contributed by atoms with van der Waals surface area (Å²) in [6.07, 6.45) is 9.86. The van der Waals surface area contributed by atoms with Crippen LogP contribution in [-0.4, -0.2) is 35.4 Å². The van der Waals surface area contributed by atoms with Gasteiger partial charge in [0.25, 0.3) is 0 Å². The van der Waals surface area contributed by atoms with Crippen LogP contribution in [0.3, 0.4) is 0 Å². The van der Waals surface area contributed by atoms with E-state index in [1.807, 2.05) is 12.4 Å². The number of rotatable bonds is 10. The molecule has 1 aromatic rings. The summed E-state index contributed by atoms with van der Waals surface area (Å²) in [5.74, 6) is 1.17. The Balaban J connectivity index is 2.38. The molecule has 0 aromatic carbocycles. The Hall–Kier alpha value is -0.870. The van der Waals surface area contributed by atoms with Crippen LogP contribution in [0.4, 0.5) is 0 Å². The maximum Gasteiger partial charge on any atom is 0.108 e. The lowest BCUT2D eigenvalue weighted by Gasteiger charge is -2.20. The summed E-state index contributed by atoms with van der Waals surface area (Å²) in [4.78, 5) is 4.39. The molecule has 4 heteroatoms. The first-order valence-corrected chi connectivity index (χ1v) is 7.39. The summed E-state index contributed by atoms with van der Waals surface area (Å²) in [7, 11) is 3.84. The molecular formula is C15H29N3O. The van der Waals surface area contributed by atoms with Gasteiger partial charge in [-0.05, 0) is 39.2 Å². The molecule has 0 fully saturated rings. The Labute approximate surface area is 117 Å². The monoisotopic (exact) mass is 267 g/mol. The lowest BCUT2D eigenvalue weighted by Crippen LogP contribution is -2.31. The summed E-state index contributed by atoms with van der Waals surface area (Å²) in [6.45, 7) is 5.43. The predicted molar refractivity (Wildman–Crippen MR) is 79.3 cm³/mol. The molecule has 0 saturated carbocycles. The average Bonchev–Trinajstić information content (AvgIpc) is 2.83. The predicted octanol–water partition coefficient (Wildman–Crippen LogP) is 2.54. The first-order chi connectivity index (χ1) is 9.17. The molecule has 0 amide bonds. The van der Waals surface area contributed by atoms with Crippen molar-refractivity contribution in [2.45, 2.75) is 58.1 Å². The van der Waals surface area contributed by atoms with Gasteiger partial charge in [-0.1, -0.05) is 6.92 Å². The highest BCUT2D eigenvalue weighted by Crippen LogP contribution is 2.10. The van der Waals surface area contributed by atoms with Gasteiger partial charge in [-0.3, -0.25) is 0 Å². The molecule has 2 atom stereocenters. The van der Waals surface area contributed by atoms with Gasteiger partial charge in [0.1, 0.15) is 5.82 Å². The van der Waals surface area contributed by atoms with E-state index in [0.29, 0.717) is 12.1 Å². The van der Waals surface area contributed by atoms with Crippen LogP contribution in [0.5, 0.6) is 0 Å². The third-order valence-corrected chi connectivity index (χ3v) is 3.64.